The first-order valence-corrected chi connectivity index (χ1v) is 6.41. The van der Waals surface area contributed by atoms with Crippen molar-refractivity contribution in [1.82, 2.24) is 0 Å². The van der Waals surface area contributed by atoms with Gasteiger partial charge < -0.3 is 15.1 Å². The van der Waals surface area contributed by atoms with Crippen LogP contribution in [0.25, 0.3) is 0 Å². The van der Waals surface area contributed by atoms with Gasteiger partial charge in [0.15, 0.2) is 0 Å². The minimum absolute atomic E-state index is 0.0391. The SMILES string of the molecule is OCCN(c1ccc(CO)c(Cl)c1)C1CCC1. The third-order valence-electron chi connectivity index (χ3n) is 3.40. The zero-order valence-corrected chi connectivity index (χ0v) is 10.5. The average molecular weight is 256 g/mol. The Morgan fingerprint density at radius 3 is 2.53 bits per heavy atom. The lowest BCUT2D eigenvalue weighted by Crippen LogP contribution is -2.41. The van der Waals surface area contributed by atoms with E-state index in [1.165, 1.54) is 19.3 Å². The van der Waals surface area contributed by atoms with Crippen LogP contribution in [-0.2, 0) is 6.61 Å². The van der Waals surface area contributed by atoms with Crippen molar-refractivity contribution in [2.75, 3.05) is 18.1 Å². The Kier molecular flexibility index (Phi) is 4.26. The predicted octanol–water partition coefficient (Wildman–Crippen LogP) is 2.18. The summed E-state index contributed by atoms with van der Waals surface area (Å²) >= 11 is 6.09. The molecule has 0 radical (unpaired) electrons. The van der Waals surface area contributed by atoms with Gasteiger partial charge in [-0.05, 0) is 37.0 Å². The molecular formula is C13H18ClNO2. The summed E-state index contributed by atoms with van der Waals surface area (Å²) in [6.07, 6.45) is 3.62. The Balaban J connectivity index is 2.19. The van der Waals surface area contributed by atoms with Gasteiger partial charge in [0.25, 0.3) is 0 Å². The number of hydrogen-bond acceptors (Lipinski definition) is 3. The molecule has 0 bridgehead atoms. The summed E-state index contributed by atoms with van der Waals surface area (Å²) in [6, 6.07) is 6.21. The largest absolute Gasteiger partial charge is 0.395 e. The van der Waals surface area contributed by atoms with E-state index >= 15 is 0 Å². The topological polar surface area (TPSA) is 43.7 Å². The van der Waals surface area contributed by atoms with E-state index in [9.17, 15) is 0 Å². The molecule has 0 aromatic heterocycles. The van der Waals surface area contributed by atoms with Crippen molar-refractivity contribution in [2.24, 2.45) is 0 Å². The lowest BCUT2D eigenvalue weighted by molar-refractivity contribution is 0.281. The Bertz CT molecular complexity index is 380. The normalized spacial score (nSPS) is 15.7. The standard InChI is InChI=1S/C13H18ClNO2/c14-13-8-12(5-4-10(13)9-17)15(6-7-16)11-2-1-3-11/h4-5,8,11,16-17H,1-3,6-7,9H2. The number of nitrogens with zero attached hydrogens (tertiary/aromatic N) is 1. The molecule has 0 unspecified atom stereocenters. The highest BCUT2D eigenvalue weighted by molar-refractivity contribution is 6.31. The fourth-order valence-electron chi connectivity index (χ4n) is 2.17. The lowest BCUT2D eigenvalue weighted by Gasteiger charge is -2.39. The van der Waals surface area contributed by atoms with Gasteiger partial charge in [-0.3, -0.25) is 0 Å². The molecule has 0 spiro atoms. The minimum atomic E-state index is -0.0391. The van der Waals surface area contributed by atoms with E-state index in [2.05, 4.69) is 4.90 Å². The summed E-state index contributed by atoms with van der Waals surface area (Å²) < 4.78 is 0. The molecule has 94 valence electrons. The minimum Gasteiger partial charge on any atom is -0.395 e. The average Bonchev–Trinajstić information content (AvgIpc) is 2.26. The van der Waals surface area contributed by atoms with Crippen molar-refractivity contribution in [3.05, 3.63) is 28.8 Å². The van der Waals surface area contributed by atoms with Crippen LogP contribution < -0.4 is 4.90 Å². The summed E-state index contributed by atoms with van der Waals surface area (Å²) in [4.78, 5) is 2.20. The van der Waals surface area contributed by atoms with Crippen LogP contribution in [0.15, 0.2) is 18.2 Å². The molecule has 0 saturated heterocycles. The molecule has 1 aromatic carbocycles. The number of hydrogen-bond donors (Lipinski definition) is 2. The molecular weight excluding hydrogens is 238 g/mol. The van der Waals surface area contributed by atoms with E-state index in [1.54, 1.807) is 0 Å². The highest BCUT2D eigenvalue weighted by Crippen LogP contribution is 2.31. The number of rotatable bonds is 5. The van der Waals surface area contributed by atoms with Gasteiger partial charge in [0, 0.05) is 23.3 Å². The molecule has 0 atom stereocenters. The van der Waals surface area contributed by atoms with Crippen LogP contribution in [0, 0.1) is 0 Å². The van der Waals surface area contributed by atoms with Gasteiger partial charge in [-0.15, -0.1) is 0 Å². The molecule has 1 aliphatic rings. The van der Waals surface area contributed by atoms with Crippen LogP contribution in [0.3, 0.4) is 0 Å². The van der Waals surface area contributed by atoms with Crippen molar-refractivity contribution in [2.45, 2.75) is 31.9 Å². The van der Waals surface area contributed by atoms with E-state index < -0.39 is 0 Å². The second-order valence-corrected chi connectivity index (χ2v) is 4.84. The quantitative estimate of drug-likeness (QED) is 0.848. The van der Waals surface area contributed by atoms with E-state index in [4.69, 9.17) is 21.8 Å². The number of aliphatic hydroxyl groups excluding tert-OH is 2. The molecule has 4 heteroatoms. The fourth-order valence-corrected chi connectivity index (χ4v) is 2.41. The van der Waals surface area contributed by atoms with E-state index in [0.29, 0.717) is 17.6 Å². The monoisotopic (exact) mass is 255 g/mol. The smallest absolute Gasteiger partial charge is 0.0696 e. The first-order valence-electron chi connectivity index (χ1n) is 6.03. The van der Waals surface area contributed by atoms with Crippen molar-refractivity contribution >= 4 is 17.3 Å². The first-order chi connectivity index (χ1) is 8.26. The second kappa shape index (κ2) is 5.71. The molecule has 2 rings (SSSR count). The maximum atomic E-state index is 9.12. The van der Waals surface area contributed by atoms with Crippen molar-refractivity contribution in [3.63, 3.8) is 0 Å². The lowest BCUT2D eigenvalue weighted by atomic mass is 9.91. The fraction of sp³-hybridized carbons (Fsp3) is 0.538. The van der Waals surface area contributed by atoms with Crippen LogP contribution in [0.2, 0.25) is 5.02 Å². The first kappa shape index (κ1) is 12.7. The van der Waals surface area contributed by atoms with Crippen molar-refractivity contribution < 1.29 is 10.2 Å². The van der Waals surface area contributed by atoms with Crippen LogP contribution in [0.5, 0.6) is 0 Å². The van der Waals surface area contributed by atoms with Crippen LogP contribution in [-0.4, -0.2) is 29.4 Å². The van der Waals surface area contributed by atoms with Gasteiger partial charge in [-0.25, -0.2) is 0 Å². The third-order valence-corrected chi connectivity index (χ3v) is 3.75. The molecule has 0 aliphatic heterocycles. The van der Waals surface area contributed by atoms with Crippen LogP contribution >= 0.6 is 11.6 Å². The Hall–Kier alpha value is -0.770. The van der Waals surface area contributed by atoms with Crippen molar-refractivity contribution in [1.29, 1.82) is 0 Å². The molecule has 0 amide bonds. The molecule has 1 saturated carbocycles. The van der Waals surface area contributed by atoms with E-state index in [-0.39, 0.29) is 13.2 Å². The van der Waals surface area contributed by atoms with Gasteiger partial charge in [-0.2, -0.15) is 0 Å². The van der Waals surface area contributed by atoms with Gasteiger partial charge in [-0.1, -0.05) is 17.7 Å². The maximum Gasteiger partial charge on any atom is 0.0696 e. The van der Waals surface area contributed by atoms with Crippen molar-refractivity contribution in [3.8, 4) is 0 Å². The Labute approximate surface area is 107 Å². The molecule has 17 heavy (non-hydrogen) atoms. The molecule has 0 heterocycles. The molecule has 1 fully saturated rings. The summed E-state index contributed by atoms with van der Waals surface area (Å²) in [5.74, 6) is 0. The van der Waals surface area contributed by atoms with E-state index in [0.717, 1.165) is 11.3 Å². The van der Waals surface area contributed by atoms with Gasteiger partial charge in [0.05, 0.1) is 13.2 Å². The summed E-state index contributed by atoms with van der Waals surface area (Å²) in [5, 5.41) is 18.8. The zero-order valence-electron chi connectivity index (χ0n) is 9.77. The molecule has 2 N–H and O–H groups in total. The van der Waals surface area contributed by atoms with E-state index in [1.807, 2.05) is 18.2 Å². The van der Waals surface area contributed by atoms with Crippen LogP contribution in [0.1, 0.15) is 24.8 Å². The zero-order chi connectivity index (χ0) is 12.3. The van der Waals surface area contributed by atoms with Gasteiger partial charge in [0.1, 0.15) is 0 Å². The summed E-state index contributed by atoms with van der Waals surface area (Å²) in [6.45, 7) is 0.748. The third kappa shape index (κ3) is 2.73. The number of benzene rings is 1. The molecule has 1 aromatic rings. The number of anilines is 1. The molecule has 3 nitrogen and oxygen atoms in total. The maximum absolute atomic E-state index is 9.12. The summed E-state index contributed by atoms with van der Waals surface area (Å²) in [5.41, 5.74) is 1.78. The predicted molar refractivity (Wildman–Crippen MR) is 69.4 cm³/mol. The second-order valence-electron chi connectivity index (χ2n) is 4.44. The number of halogens is 1. The molecule has 1 aliphatic carbocycles. The summed E-state index contributed by atoms with van der Waals surface area (Å²) in [7, 11) is 0. The highest BCUT2D eigenvalue weighted by Gasteiger charge is 2.25. The Morgan fingerprint density at radius 2 is 2.06 bits per heavy atom. The van der Waals surface area contributed by atoms with Crippen LogP contribution in [0.4, 0.5) is 5.69 Å². The Morgan fingerprint density at radius 1 is 1.29 bits per heavy atom. The van der Waals surface area contributed by atoms with Gasteiger partial charge >= 0.3 is 0 Å². The van der Waals surface area contributed by atoms with Gasteiger partial charge in [0.2, 0.25) is 0 Å². The highest BCUT2D eigenvalue weighted by atomic mass is 35.5. The number of aliphatic hydroxyl groups is 2.